The molecule has 1 fully saturated rings. The average Bonchev–Trinajstić information content (AvgIpc) is 3.00. The van der Waals surface area contributed by atoms with Gasteiger partial charge in [-0.1, -0.05) is 5.92 Å². The van der Waals surface area contributed by atoms with Crippen LogP contribution in [0.1, 0.15) is 6.23 Å². The van der Waals surface area contributed by atoms with E-state index in [2.05, 4.69) is 20.9 Å². The predicted octanol–water partition coefficient (Wildman–Crippen LogP) is -1.09. The van der Waals surface area contributed by atoms with Gasteiger partial charge in [-0.25, -0.2) is 15.0 Å². The van der Waals surface area contributed by atoms with Gasteiger partial charge >= 0.3 is 0 Å². The first-order valence-corrected chi connectivity index (χ1v) is 6.01. The van der Waals surface area contributed by atoms with Gasteiger partial charge in [0.15, 0.2) is 17.7 Å². The van der Waals surface area contributed by atoms with Gasteiger partial charge in [-0.3, -0.25) is 4.57 Å². The number of nitrogens with two attached hydrogens (primary N) is 1. The molecule has 3 rings (SSSR count). The van der Waals surface area contributed by atoms with E-state index < -0.39 is 24.4 Å². The number of aliphatic hydroxyl groups is 2. The molecular weight excluding hydrogens is 262 g/mol. The van der Waals surface area contributed by atoms with Crippen molar-refractivity contribution in [3.8, 4) is 12.3 Å². The number of imidazole rings is 1. The molecular formula is C12H13N5O3. The molecule has 3 heterocycles. The van der Waals surface area contributed by atoms with Crippen LogP contribution >= 0.6 is 0 Å². The van der Waals surface area contributed by atoms with Gasteiger partial charge in [0.05, 0.1) is 18.9 Å². The first-order chi connectivity index (χ1) is 9.67. The minimum absolute atomic E-state index is 0.253. The van der Waals surface area contributed by atoms with Crippen LogP contribution in [0.5, 0.6) is 0 Å². The Bertz CT molecular complexity index is 679. The van der Waals surface area contributed by atoms with E-state index in [0.717, 1.165) is 0 Å². The number of terminal acetylenes is 1. The minimum Gasteiger partial charge on any atom is -0.394 e. The van der Waals surface area contributed by atoms with Crippen molar-refractivity contribution in [2.24, 2.45) is 5.92 Å². The van der Waals surface area contributed by atoms with E-state index in [4.69, 9.17) is 16.9 Å². The monoisotopic (exact) mass is 275 g/mol. The third-order valence-corrected chi connectivity index (χ3v) is 3.40. The van der Waals surface area contributed by atoms with Gasteiger partial charge in [0.2, 0.25) is 0 Å². The molecule has 1 saturated heterocycles. The fourth-order valence-corrected chi connectivity index (χ4v) is 2.37. The van der Waals surface area contributed by atoms with Crippen LogP contribution in [-0.4, -0.2) is 48.5 Å². The maximum atomic E-state index is 10.0. The lowest BCUT2D eigenvalue weighted by atomic mass is 10.0. The van der Waals surface area contributed by atoms with Crippen molar-refractivity contribution in [3.05, 3.63) is 12.7 Å². The van der Waals surface area contributed by atoms with Crippen molar-refractivity contribution >= 4 is 17.0 Å². The lowest BCUT2D eigenvalue weighted by Gasteiger charge is -2.16. The zero-order valence-electron chi connectivity index (χ0n) is 10.4. The first kappa shape index (κ1) is 12.8. The zero-order valence-corrected chi connectivity index (χ0v) is 10.4. The lowest BCUT2D eigenvalue weighted by molar-refractivity contribution is -0.0441. The van der Waals surface area contributed by atoms with E-state index in [1.54, 1.807) is 4.57 Å². The van der Waals surface area contributed by atoms with E-state index >= 15 is 0 Å². The van der Waals surface area contributed by atoms with E-state index in [0.29, 0.717) is 11.2 Å². The SMILES string of the molecule is C#C[C@@H]1[C@H](O)[C@@H](CO)O[C@H]1n1cnc2c(N)ncnc21. The Hall–Kier alpha value is -2.21. The second-order valence-electron chi connectivity index (χ2n) is 4.51. The number of hydrogen-bond acceptors (Lipinski definition) is 7. The molecule has 20 heavy (non-hydrogen) atoms. The molecule has 2 aromatic rings. The molecule has 4 atom stereocenters. The Balaban J connectivity index is 2.07. The molecule has 104 valence electrons. The van der Waals surface area contributed by atoms with Gasteiger partial charge in [0.1, 0.15) is 24.1 Å². The molecule has 1 aliphatic heterocycles. The second-order valence-corrected chi connectivity index (χ2v) is 4.51. The summed E-state index contributed by atoms with van der Waals surface area (Å²) in [6.45, 7) is -0.320. The van der Waals surface area contributed by atoms with Gasteiger partial charge < -0.3 is 20.7 Å². The average molecular weight is 275 g/mol. The van der Waals surface area contributed by atoms with Gasteiger partial charge in [0, 0.05) is 0 Å². The Kier molecular flexibility index (Phi) is 3.02. The number of hydrogen-bond donors (Lipinski definition) is 3. The summed E-state index contributed by atoms with van der Waals surface area (Å²) in [5.74, 6) is 2.13. The van der Waals surface area contributed by atoms with Gasteiger partial charge in [0.25, 0.3) is 0 Å². The Morgan fingerprint density at radius 1 is 1.45 bits per heavy atom. The molecule has 8 nitrogen and oxygen atoms in total. The van der Waals surface area contributed by atoms with Gasteiger partial charge in [-0.15, -0.1) is 6.42 Å². The van der Waals surface area contributed by atoms with Crippen molar-refractivity contribution < 1.29 is 14.9 Å². The number of aliphatic hydroxyl groups excluding tert-OH is 2. The van der Waals surface area contributed by atoms with E-state index in [1.165, 1.54) is 12.7 Å². The van der Waals surface area contributed by atoms with Crippen LogP contribution in [0.15, 0.2) is 12.7 Å². The van der Waals surface area contributed by atoms with Crippen LogP contribution in [0.4, 0.5) is 5.82 Å². The van der Waals surface area contributed by atoms with Crippen LogP contribution in [0.3, 0.4) is 0 Å². The minimum atomic E-state index is -0.952. The largest absolute Gasteiger partial charge is 0.394 e. The lowest BCUT2D eigenvalue weighted by Crippen LogP contribution is -2.28. The third kappa shape index (κ3) is 1.72. The van der Waals surface area contributed by atoms with Crippen molar-refractivity contribution in [2.75, 3.05) is 12.3 Å². The highest BCUT2D eigenvalue weighted by Crippen LogP contribution is 2.35. The number of anilines is 1. The molecule has 0 aromatic carbocycles. The molecule has 0 aliphatic carbocycles. The van der Waals surface area contributed by atoms with Crippen molar-refractivity contribution in [1.82, 2.24) is 19.5 Å². The van der Waals surface area contributed by atoms with Crippen molar-refractivity contribution in [3.63, 3.8) is 0 Å². The van der Waals surface area contributed by atoms with Crippen molar-refractivity contribution in [2.45, 2.75) is 18.4 Å². The molecule has 1 aliphatic rings. The summed E-state index contributed by atoms with van der Waals surface area (Å²) in [5, 5.41) is 19.2. The predicted molar refractivity (Wildman–Crippen MR) is 69.1 cm³/mol. The fraction of sp³-hybridized carbons (Fsp3) is 0.417. The summed E-state index contributed by atoms with van der Waals surface area (Å²) in [6.07, 6.45) is 5.90. The van der Waals surface area contributed by atoms with Crippen molar-refractivity contribution in [1.29, 1.82) is 0 Å². The third-order valence-electron chi connectivity index (χ3n) is 3.40. The second kappa shape index (κ2) is 4.72. The van der Waals surface area contributed by atoms with E-state index in [9.17, 15) is 10.2 Å². The van der Waals surface area contributed by atoms with Gasteiger partial charge in [-0.2, -0.15) is 0 Å². The summed E-state index contributed by atoms with van der Waals surface area (Å²) in [5.41, 5.74) is 6.62. The standard InChI is InChI=1S/C12H13N5O3/c1-2-6-9(19)7(3-18)20-12(6)17-5-16-8-10(13)14-4-15-11(8)17/h1,4-7,9,12,18-19H,3H2,(H2,13,14,15)/t6-,7-,9+,12-/m1/s1. The van der Waals surface area contributed by atoms with Crippen LogP contribution in [-0.2, 0) is 4.74 Å². The topological polar surface area (TPSA) is 119 Å². The zero-order chi connectivity index (χ0) is 14.3. The highest BCUT2D eigenvalue weighted by molar-refractivity contribution is 5.81. The Morgan fingerprint density at radius 2 is 2.25 bits per heavy atom. The summed E-state index contributed by atoms with van der Waals surface area (Å²) in [4.78, 5) is 12.1. The molecule has 0 saturated carbocycles. The Morgan fingerprint density at radius 3 is 2.95 bits per heavy atom. The summed E-state index contributed by atoms with van der Waals surface area (Å²) >= 11 is 0. The molecule has 0 bridgehead atoms. The Labute approximate surface area is 114 Å². The van der Waals surface area contributed by atoms with Gasteiger partial charge in [-0.05, 0) is 0 Å². The van der Waals surface area contributed by atoms with Crippen LogP contribution in [0.25, 0.3) is 11.2 Å². The number of rotatable bonds is 2. The summed E-state index contributed by atoms with van der Waals surface area (Å²) < 4.78 is 7.19. The van der Waals surface area contributed by atoms with Crippen LogP contribution in [0.2, 0.25) is 0 Å². The quantitative estimate of drug-likeness (QED) is 0.596. The highest BCUT2D eigenvalue weighted by atomic mass is 16.5. The molecule has 0 spiro atoms. The number of aromatic nitrogens is 4. The first-order valence-electron chi connectivity index (χ1n) is 6.01. The molecule has 2 aromatic heterocycles. The van der Waals surface area contributed by atoms with E-state index in [-0.39, 0.29) is 12.4 Å². The normalized spacial score (nSPS) is 29.6. The van der Waals surface area contributed by atoms with E-state index in [1.807, 2.05) is 0 Å². The summed E-state index contributed by atoms with van der Waals surface area (Å²) in [7, 11) is 0. The number of fused-ring (bicyclic) bond motifs is 1. The maximum Gasteiger partial charge on any atom is 0.167 e. The molecule has 0 amide bonds. The maximum absolute atomic E-state index is 10.0. The highest BCUT2D eigenvalue weighted by Gasteiger charge is 2.44. The molecule has 4 N–H and O–H groups in total. The van der Waals surface area contributed by atoms with Crippen LogP contribution < -0.4 is 5.73 Å². The molecule has 0 radical (unpaired) electrons. The number of nitrogens with zero attached hydrogens (tertiary/aromatic N) is 4. The number of nitrogen functional groups attached to an aromatic ring is 1. The molecule has 0 unspecified atom stereocenters. The molecule has 8 heteroatoms. The van der Waals surface area contributed by atoms with Crippen LogP contribution in [0, 0.1) is 18.3 Å². The smallest absolute Gasteiger partial charge is 0.167 e. The summed E-state index contributed by atoms with van der Waals surface area (Å²) in [6, 6.07) is 0. The fourth-order valence-electron chi connectivity index (χ4n) is 2.37. The number of ether oxygens (including phenoxy) is 1.